The highest BCUT2D eigenvalue weighted by atomic mass is 16.1. The predicted molar refractivity (Wildman–Crippen MR) is 81.0 cm³/mol. The summed E-state index contributed by atoms with van der Waals surface area (Å²) in [5.74, 6) is 0. The molecular formula is C18H20O. The zero-order valence-electron chi connectivity index (χ0n) is 12.3. The van der Waals surface area contributed by atoms with Crippen molar-refractivity contribution in [3.63, 3.8) is 0 Å². The van der Waals surface area contributed by atoms with Crippen LogP contribution in [0, 0.1) is 34.6 Å². The number of carbonyl (C=O) groups is 1. The van der Waals surface area contributed by atoms with Crippen LogP contribution in [0.1, 0.15) is 38.2 Å². The van der Waals surface area contributed by atoms with E-state index in [9.17, 15) is 4.79 Å². The van der Waals surface area contributed by atoms with Gasteiger partial charge in [-0.1, -0.05) is 29.8 Å². The molecule has 0 saturated heterocycles. The average Bonchev–Trinajstić information content (AvgIpc) is 2.37. The van der Waals surface area contributed by atoms with E-state index in [0.29, 0.717) is 0 Å². The summed E-state index contributed by atoms with van der Waals surface area (Å²) in [6.45, 7) is 10.6. The van der Waals surface area contributed by atoms with Crippen LogP contribution < -0.4 is 0 Å². The quantitative estimate of drug-likeness (QED) is 0.707. The van der Waals surface area contributed by atoms with Crippen LogP contribution in [0.2, 0.25) is 0 Å². The third-order valence-electron chi connectivity index (χ3n) is 3.97. The van der Waals surface area contributed by atoms with Gasteiger partial charge in [-0.3, -0.25) is 4.79 Å². The molecular weight excluding hydrogens is 232 g/mol. The number of carbonyl (C=O) groups excluding carboxylic acids is 1. The highest BCUT2D eigenvalue weighted by molar-refractivity contribution is 5.90. The van der Waals surface area contributed by atoms with E-state index in [1.54, 1.807) is 0 Å². The molecule has 0 aromatic heterocycles. The van der Waals surface area contributed by atoms with E-state index < -0.39 is 0 Å². The molecule has 0 spiro atoms. The van der Waals surface area contributed by atoms with Gasteiger partial charge in [0.2, 0.25) is 0 Å². The molecule has 0 saturated carbocycles. The molecule has 2 aromatic rings. The molecule has 19 heavy (non-hydrogen) atoms. The molecule has 0 N–H and O–H groups in total. The highest BCUT2D eigenvalue weighted by Gasteiger charge is 2.13. The van der Waals surface area contributed by atoms with Crippen molar-refractivity contribution in [1.29, 1.82) is 0 Å². The van der Waals surface area contributed by atoms with Crippen molar-refractivity contribution in [2.45, 2.75) is 34.6 Å². The lowest BCUT2D eigenvalue weighted by molar-refractivity contribution is 0.112. The second-order valence-electron chi connectivity index (χ2n) is 5.34. The zero-order valence-corrected chi connectivity index (χ0v) is 12.3. The van der Waals surface area contributed by atoms with E-state index >= 15 is 0 Å². The molecule has 0 aliphatic carbocycles. The summed E-state index contributed by atoms with van der Waals surface area (Å²) >= 11 is 0. The Balaban J connectivity index is 2.86. The number of rotatable bonds is 2. The van der Waals surface area contributed by atoms with Crippen LogP contribution in [-0.2, 0) is 0 Å². The lowest BCUT2D eigenvalue weighted by Gasteiger charge is -2.17. The molecule has 1 heteroatoms. The highest BCUT2D eigenvalue weighted by Crippen LogP contribution is 2.33. The Hall–Kier alpha value is -1.89. The van der Waals surface area contributed by atoms with Crippen LogP contribution >= 0.6 is 0 Å². The van der Waals surface area contributed by atoms with Crippen molar-refractivity contribution in [2.24, 2.45) is 0 Å². The van der Waals surface area contributed by atoms with Gasteiger partial charge in [-0.25, -0.2) is 0 Å². The summed E-state index contributed by atoms with van der Waals surface area (Å²) < 4.78 is 0. The molecule has 2 aromatic carbocycles. The van der Waals surface area contributed by atoms with Gasteiger partial charge in [-0.2, -0.15) is 0 Å². The summed E-state index contributed by atoms with van der Waals surface area (Å²) in [4.78, 5) is 11.3. The van der Waals surface area contributed by atoms with Gasteiger partial charge < -0.3 is 0 Å². The summed E-state index contributed by atoms with van der Waals surface area (Å²) in [6.07, 6.45) is 0.950. The standard InChI is InChI=1S/C18H20O/c1-11-6-7-16(10-19)17(8-11)18-14(4)12(2)9-13(3)15(18)5/h6-10H,1-5H3. The Kier molecular flexibility index (Phi) is 3.57. The third kappa shape index (κ3) is 2.33. The molecule has 0 aliphatic rings. The Bertz CT molecular complexity index is 625. The fraction of sp³-hybridized carbons (Fsp3) is 0.278. The maximum Gasteiger partial charge on any atom is 0.150 e. The lowest BCUT2D eigenvalue weighted by atomic mass is 9.87. The molecule has 0 amide bonds. The van der Waals surface area contributed by atoms with Crippen molar-refractivity contribution in [1.82, 2.24) is 0 Å². The fourth-order valence-electron chi connectivity index (χ4n) is 2.61. The number of aldehydes is 1. The Morgan fingerprint density at radius 3 is 1.95 bits per heavy atom. The molecule has 0 atom stereocenters. The van der Waals surface area contributed by atoms with Gasteiger partial charge in [0.05, 0.1) is 0 Å². The SMILES string of the molecule is Cc1ccc(C=O)c(-c2c(C)c(C)cc(C)c2C)c1. The van der Waals surface area contributed by atoms with Gasteiger partial charge in [-0.05, 0) is 68.0 Å². The summed E-state index contributed by atoms with van der Waals surface area (Å²) in [5.41, 5.74) is 9.28. The van der Waals surface area contributed by atoms with Crippen molar-refractivity contribution in [3.8, 4) is 11.1 Å². The molecule has 98 valence electrons. The maximum atomic E-state index is 11.3. The van der Waals surface area contributed by atoms with Crippen molar-refractivity contribution >= 4 is 6.29 Å². The van der Waals surface area contributed by atoms with Gasteiger partial charge in [0.15, 0.2) is 6.29 Å². The monoisotopic (exact) mass is 252 g/mol. The molecule has 0 fully saturated rings. The molecule has 0 aliphatic heterocycles. The Morgan fingerprint density at radius 2 is 1.42 bits per heavy atom. The maximum absolute atomic E-state index is 11.3. The zero-order chi connectivity index (χ0) is 14.2. The molecule has 0 unspecified atom stereocenters. The van der Waals surface area contributed by atoms with Gasteiger partial charge in [0.1, 0.15) is 0 Å². The van der Waals surface area contributed by atoms with E-state index in [2.05, 4.69) is 46.8 Å². The van der Waals surface area contributed by atoms with E-state index in [0.717, 1.165) is 17.4 Å². The van der Waals surface area contributed by atoms with E-state index in [1.807, 2.05) is 12.1 Å². The first kappa shape index (κ1) is 13.5. The Labute approximate surface area is 115 Å². The minimum absolute atomic E-state index is 0.766. The molecule has 0 heterocycles. The smallest absolute Gasteiger partial charge is 0.150 e. The number of hydrogen-bond acceptors (Lipinski definition) is 1. The summed E-state index contributed by atoms with van der Waals surface area (Å²) in [7, 11) is 0. The summed E-state index contributed by atoms with van der Waals surface area (Å²) in [6, 6.07) is 8.22. The minimum atomic E-state index is 0.766. The van der Waals surface area contributed by atoms with Crippen molar-refractivity contribution in [3.05, 3.63) is 57.6 Å². The first-order valence-corrected chi connectivity index (χ1v) is 6.59. The minimum Gasteiger partial charge on any atom is -0.298 e. The number of benzene rings is 2. The van der Waals surface area contributed by atoms with E-state index in [1.165, 1.54) is 33.4 Å². The first-order valence-electron chi connectivity index (χ1n) is 6.59. The number of hydrogen-bond donors (Lipinski definition) is 0. The summed E-state index contributed by atoms with van der Waals surface area (Å²) in [5, 5.41) is 0. The third-order valence-corrected chi connectivity index (χ3v) is 3.97. The largest absolute Gasteiger partial charge is 0.298 e. The van der Waals surface area contributed by atoms with Crippen molar-refractivity contribution < 1.29 is 4.79 Å². The van der Waals surface area contributed by atoms with Crippen molar-refractivity contribution in [2.75, 3.05) is 0 Å². The van der Waals surface area contributed by atoms with Crippen LogP contribution in [0.3, 0.4) is 0 Å². The molecule has 1 nitrogen and oxygen atoms in total. The molecule has 2 rings (SSSR count). The van der Waals surface area contributed by atoms with E-state index in [-0.39, 0.29) is 0 Å². The van der Waals surface area contributed by atoms with Gasteiger partial charge in [0.25, 0.3) is 0 Å². The number of aryl methyl sites for hydroxylation is 3. The second-order valence-corrected chi connectivity index (χ2v) is 5.34. The normalized spacial score (nSPS) is 10.6. The first-order chi connectivity index (χ1) is 8.95. The average molecular weight is 252 g/mol. The van der Waals surface area contributed by atoms with Gasteiger partial charge in [-0.15, -0.1) is 0 Å². The predicted octanol–water partition coefficient (Wildman–Crippen LogP) is 4.71. The molecule has 0 radical (unpaired) electrons. The van der Waals surface area contributed by atoms with Crippen LogP contribution in [0.25, 0.3) is 11.1 Å². The van der Waals surface area contributed by atoms with Crippen LogP contribution in [0.5, 0.6) is 0 Å². The van der Waals surface area contributed by atoms with E-state index in [4.69, 9.17) is 0 Å². The topological polar surface area (TPSA) is 17.1 Å². The second kappa shape index (κ2) is 5.00. The fourth-order valence-corrected chi connectivity index (χ4v) is 2.61. The molecule has 0 bridgehead atoms. The van der Waals surface area contributed by atoms with Crippen LogP contribution in [-0.4, -0.2) is 6.29 Å². The van der Waals surface area contributed by atoms with Gasteiger partial charge in [0, 0.05) is 5.56 Å². The lowest BCUT2D eigenvalue weighted by Crippen LogP contribution is -1.98. The van der Waals surface area contributed by atoms with Crippen LogP contribution in [0.15, 0.2) is 24.3 Å². The van der Waals surface area contributed by atoms with Crippen LogP contribution in [0.4, 0.5) is 0 Å². The van der Waals surface area contributed by atoms with Gasteiger partial charge >= 0.3 is 0 Å². The Morgan fingerprint density at radius 1 is 0.842 bits per heavy atom.